The fraction of sp³-hybridized carbons (Fsp3) is 0.0145. The first-order chi connectivity index (χ1) is 36.2. The average molecular weight is 931 g/mol. The Morgan fingerprint density at radius 2 is 0.767 bits per heavy atom. The lowest BCUT2D eigenvalue weighted by atomic mass is 9.70. The summed E-state index contributed by atoms with van der Waals surface area (Å²) in [5, 5.41) is 9.04. The van der Waals surface area contributed by atoms with Gasteiger partial charge in [0, 0.05) is 49.9 Å². The predicted octanol–water partition coefficient (Wildman–Crippen LogP) is 19.1. The average Bonchev–Trinajstić information content (AvgIpc) is 4.18. The van der Waals surface area contributed by atoms with Crippen molar-refractivity contribution in [1.82, 2.24) is 0 Å². The van der Waals surface area contributed by atoms with Crippen LogP contribution >= 0.6 is 0 Å². The molecule has 4 nitrogen and oxygen atoms in total. The molecule has 0 atom stereocenters. The Balaban J connectivity index is 1.10. The van der Waals surface area contributed by atoms with Crippen LogP contribution in [0.2, 0.25) is 0 Å². The summed E-state index contributed by atoms with van der Waals surface area (Å²) in [7, 11) is 0. The molecular weight excluding hydrogens is 889 g/mol. The molecule has 14 aromatic rings. The van der Waals surface area contributed by atoms with E-state index in [1.165, 1.54) is 66.1 Å². The highest BCUT2D eigenvalue weighted by atomic mass is 16.3. The SMILES string of the molecule is c1ccc(N(c2ccc3ccccc3c2)c2c(N(c3ccc4oc5ccccc5c4c3)c3ccc4oc5ccccc5c4c3)ccc3c2-c2cc4ccccc4cc2C32c3ccccc3-c3ccccc32)cc1. The van der Waals surface area contributed by atoms with Gasteiger partial charge in [0.25, 0.3) is 0 Å². The Morgan fingerprint density at radius 3 is 1.41 bits per heavy atom. The molecule has 0 unspecified atom stereocenters. The van der Waals surface area contributed by atoms with Gasteiger partial charge in [0.15, 0.2) is 0 Å². The van der Waals surface area contributed by atoms with Crippen molar-refractivity contribution in [2.24, 2.45) is 0 Å². The molecule has 0 saturated heterocycles. The van der Waals surface area contributed by atoms with Gasteiger partial charge in [-0.1, -0.05) is 164 Å². The number of rotatable bonds is 6. The smallest absolute Gasteiger partial charge is 0.135 e. The summed E-state index contributed by atoms with van der Waals surface area (Å²) in [4.78, 5) is 4.99. The highest BCUT2D eigenvalue weighted by Gasteiger charge is 2.53. The van der Waals surface area contributed by atoms with Crippen LogP contribution in [-0.2, 0) is 5.41 Å². The van der Waals surface area contributed by atoms with Crippen molar-refractivity contribution in [2.75, 3.05) is 9.80 Å². The minimum atomic E-state index is -0.616. The standard InChI is InChI=1S/C69H42N2O2/c1-2-20-47(21-3-1)71(48-31-30-43-16-4-5-17-44(43)38-48)68-62(70(49-32-36-65-55(41-49)53-24-10-14-28-63(53)72-65)50-33-37-66-56(42-50)54-25-11-15-29-64(54)73-66)35-34-60-67(68)57-39-45-18-6-7-19-46(45)40-61(57)69(60)58-26-12-8-22-51(58)52-23-9-13-27-59(52)69/h1-42H. The molecule has 2 heterocycles. The van der Waals surface area contributed by atoms with Crippen molar-refractivity contribution < 1.29 is 8.83 Å². The van der Waals surface area contributed by atoms with E-state index in [9.17, 15) is 0 Å². The summed E-state index contributed by atoms with van der Waals surface area (Å²) in [6.45, 7) is 0. The van der Waals surface area contributed by atoms with Crippen LogP contribution in [0.1, 0.15) is 22.3 Å². The third kappa shape index (κ3) is 5.66. The number of hydrogen-bond donors (Lipinski definition) is 0. The molecule has 0 fully saturated rings. The molecule has 16 rings (SSSR count). The Hall–Kier alpha value is -9.64. The second kappa shape index (κ2) is 15.2. The molecule has 4 heteroatoms. The van der Waals surface area contributed by atoms with E-state index in [-0.39, 0.29) is 0 Å². The summed E-state index contributed by atoms with van der Waals surface area (Å²) in [5.74, 6) is 0. The van der Waals surface area contributed by atoms with Gasteiger partial charge in [0.2, 0.25) is 0 Å². The van der Waals surface area contributed by atoms with Crippen molar-refractivity contribution in [3.05, 3.63) is 277 Å². The molecule has 340 valence electrons. The van der Waals surface area contributed by atoms with E-state index in [2.05, 4.69) is 252 Å². The number of furan rings is 2. The molecule has 0 saturated carbocycles. The van der Waals surface area contributed by atoms with Gasteiger partial charge in [-0.15, -0.1) is 0 Å². The van der Waals surface area contributed by atoms with E-state index in [4.69, 9.17) is 8.83 Å². The van der Waals surface area contributed by atoms with Gasteiger partial charge < -0.3 is 18.6 Å². The molecule has 1 spiro atoms. The monoisotopic (exact) mass is 930 g/mol. The molecule has 2 aliphatic carbocycles. The summed E-state index contributed by atoms with van der Waals surface area (Å²) in [6, 6.07) is 93.4. The third-order valence-electron chi connectivity index (χ3n) is 15.8. The Bertz CT molecular complexity index is 4440. The number of nitrogens with zero attached hydrogens (tertiary/aromatic N) is 2. The predicted molar refractivity (Wildman–Crippen MR) is 302 cm³/mol. The lowest BCUT2D eigenvalue weighted by Gasteiger charge is -2.36. The molecule has 12 aromatic carbocycles. The highest BCUT2D eigenvalue weighted by Crippen LogP contribution is 2.67. The zero-order valence-corrected chi connectivity index (χ0v) is 39.5. The number of hydrogen-bond acceptors (Lipinski definition) is 4. The van der Waals surface area contributed by atoms with Crippen LogP contribution < -0.4 is 9.80 Å². The van der Waals surface area contributed by atoms with Crippen molar-refractivity contribution in [1.29, 1.82) is 0 Å². The third-order valence-corrected chi connectivity index (χ3v) is 15.8. The minimum Gasteiger partial charge on any atom is -0.456 e. The lowest BCUT2D eigenvalue weighted by molar-refractivity contribution is 0.668. The van der Waals surface area contributed by atoms with Crippen LogP contribution in [0.25, 0.3) is 87.7 Å². The summed E-state index contributed by atoms with van der Waals surface area (Å²) < 4.78 is 13.0. The second-order valence-electron chi connectivity index (χ2n) is 19.5. The number of anilines is 6. The molecule has 0 N–H and O–H groups in total. The molecule has 2 aliphatic rings. The first-order valence-corrected chi connectivity index (χ1v) is 25.1. The van der Waals surface area contributed by atoms with Crippen molar-refractivity contribution >= 4 is 99.5 Å². The van der Waals surface area contributed by atoms with Crippen LogP contribution in [0.4, 0.5) is 34.1 Å². The van der Waals surface area contributed by atoms with Gasteiger partial charge in [-0.05, 0) is 151 Å². The normalized spacial score (nSPS) is 13.0. The van der Waals surface area contributed by atoms with E-state index >= 15 is 0 Å². The van der Waals surface area contributed by atoms with Gasteiger partial charge in [-0.2, -0.15) is 0 Å². The Morgan fingerprint density at radius 1 is 0.274 bits per heavy atom. The summed E-state index contributed by atoms with van der Waals surface area (Å²) in [5.41, 5.74) is 19.1. The van der Waals surface area contributed by atoms with Crippen molar-refractivity contribution in [3.8, 4) is 22.3 Å². The molecule has 73 heavy (non-hydrogen) atoms. The van der Waals surface area contributed by atoms with E-state index in [0.717, 1.165) is 78.0 Å². The van der Waals surface area contributed by atoms with Crippen LogP contribution in [0.15, 0.2) is 264 Å². The van der Waals surface area contributed by atoms with Crippen LogP contribution in [0.5, 0.6) is 0 Å². The topological polar surface area (TPSA) is 32.8 Å². The first kappa shape index (κ1) is 40.1. The minimum absolute atomic E-state index is 0.616. The van der Waals surface area contributed by atoms with Crippen LogP contribution in [0.3, 0.4) is 0 Å². The zero-order chi connectivity index (χ0) is 47.8. The van der Waals surface area contributed by atoms with Gasteiger partial charge in [0.1, 0.15) is 22.3 Å². The zero-order valence-electron chi connectivity index (χ0n) is 39.5. The quantitative estimate of drug-likeness (QED) is 0.166. The molecule has 0 amide bonds. The second-order valence-corrected chi connectivity index (χ2v) is 19.5. The van der Waals surface area contributed by atoms with E-state index in [1.54, 1.807) is 0 Å². The van der Waals surface area contributed by atoms with E-state index in [1.807, 2.05) is 12.1 Å². The van der Waals surface area contributed by atoms with Gasteiger partial charge in [-0.25, -0.2) is 0 Å². The van der Waals surface area contributed by atoms with Gasteiger partial charge in [0.05, 0.1) is 16.8 Å². The van der Waals surface area contributed by atoms with Gasteiger partial charge >= 0.3 is 0 Å². The fourth-order valence-electron chi connectivity index (χ4n) is 12.7. The fourth-order valence-corrected chi connectivity index (χ4v) is 12.7. The van der Waals surface area contributed by atoms with E-state index in [0.29, 0.717) is 0 Å². The maximum absolute atomic E-state index is 6.51. The molecule has 0 bridgehead atoms. The molecule has 0 radical (unpaired) electrons. The highest BCUT2D eigenvalue weighted by molar-refractivity contribution is 6.12. The lowest BCUT2D eigenvalue weighted by Crippen LogP contribution is -2.26. The number of fused-ring (bicyclic) bond motifs is 18. The summed E-state index contributed by atoms with van der Waals surface area (Å²) in [6.07, 6.45) is 0. The van der Waals surface area contributed by atoms with Gasteiger partial charge in [-0.3, -0.25) is 0 Å². The number of para-hydroxylation sites is 3. The molecule has 2 aromatic heterocycles. The largest absolute Gasteiger partial charge is 0.456 e. The first-order valence-electron chi connectivity index (χ1n) is 25.1. The molecule has 0 aliphatic heterocycles. The molecular formula is C69H42N2O2. The van der Waals surface area contributed by atoms with Crippen LogP contribution in [0, 0.1) is 0 Å². The van der Waals surface area contributed by atoms with Crippen molar-refractivity contribution in [3.63, 3.8) is 0 Å². The van der Waals surface area contributed by atoms with Crippen LogP contribution in [-0.4, -0.2) is 0 Å². The number of benzene rings is 12. The van der Waals surface area contributed by atoms with E-state index < -0.39 is 5.41 Å². The van der Waals surface area contributed by atoms with Crippen molar-refractivity contribution in [2.45, 2.75) is 5.41 Å². The summed E-state index contributed by atoms with van der Waals surface area (Å²) >= 11 is 0. The Labute approximate surface area is 420 Å². The Kier molecular flexibility index (Phi) is 8.35. The maximum Gasteiger partial charge on any atom is 0.135 e. The maximum atomic E-state index is 6.51.